The summed E-state index contributed by atoms with van der Waals surface area (Å²) in [6, 6.07) is 17.1. The van der Waals surface area contributed by atoms with Crippen LogP contribution in [0.15, 0.2) is 48.5 Å². The van der Waals surface area contributed by atoms with Gasteiger partial charge >= 0.3 is 0 Å². The van der Waals surface area contributed by atoms with Crippen molar-refractivity contribution in [2.45, 2.75) is 38.3 Å². The fourth-order valence-electron chi connectivity index (χ4n) is 3.08. The molecule has 0 spiro atoms. The number of rotatable bonds is 6. The van der Waals surface area contributed by atoms with Crippen molar-refractivity contribution in [2.75, 3.05) is 13.7 Å². The Morgan fingerprint density at radius 3 is 2.61 bits per heavy atom. The second-order valence-electron chi connectivity index (χ2n) is 6.11. The highest BCUT2D eigenvalue weighted by atomic mass is 16.5. The number of benzene rings is 2. The van der Waals surface area contributed by atoms with Gasteiger partial charge < -0.3 is 14.8 Å². The molecule has 1 aliphatic heterocycles. The first-order chi connectivity index (χ1) is 11.3. The lowest BCUT2D eigenvalue weighted by Gasteiger charge is -2.23. The molecule has 1 saturated heterocycles. The Morgan fingerprint density at radius 1 is 1.00 bits per heavy atom. The summed E-state index contributed by atoms with van der Waals surface area (Å²) in [6.45, 7) is 1.70. The molecular weight excluding hydrogens is 286 g/mol. The predicted molar refractivity (Wildman–Crippen MR) is 93.1 cm³/mol. The second kappa shape index (κ2) is 8.02. The van der Waals surface area contributed by atoms with E-state index in [1.165, 1.54) is 24.8 Å². The third-order valence-electron chi connectivity index (χ3n) is 4.36. The molecule has 0 bridgehead atoms. The average Bonchev–Trinajstić information content (AvgIpc) is 2.62. The smallest absolute Gasteiger partial charge is 0.161 e. The summed E-state index contributed by atoms with van der Waals surface area (Å²) >= 11 is 0. The van der Waals surface area contributed by atoms with Gasteiger partial charge in [-0.3, -0.25) is 0 Å². The third-order valence-corrected chi connectivity index (χ3v) is 4.36. The van der Waals surface area contributed by atoms with Gasteiger partial charge in [-0.2, -0.15) is 0 Å². The Hall–Kier alpha value is -2.00. The van der Waals surface area contributed by atoms with E-state index in [2.05, 4.69) is 29.6 Å². The molecule has 1 N–H and O–H groups in total. The minimum atomic E-state index is 0.556. The number of ether oxygens (including phenoxy) is 2. The maximum absolute atomic E-state index is 5.92. The van der Waals surface area contributed by atoms with E-state index in [1.807, 2.05) is 24.3 Å². The number of hydrogen-bond acceptors (Lipinski definition) is 3. The van der Waals surface area contributed by atoms with Gasteiger partial charge in [-0.05, 0) is 49.1 Å². The molecular formula is C20H25NO2. The van der Waals surface area contributed by atoms with Gasteiger partial charge in [-0.25, -0.2) is 0 Å². The lowest BCUT2D eigenvalue weighted by Crippen LogP contribution is -2.35. The molecule has 2 aromatic carbocycles. The Bertz CT molecular complexity index is 606. The summed E-state index contributed by atoms with van der Waals surface area (Å²) in [5.74, 6) is 1.62. The number of methoxy groups -OCH3 is 1. The summed E-state index contributed by atoms with van der Waals surface area (Å²) in [5, 5.41) is 3.59. The maximum atomic E-state index is 5.92. The van der Waals surface area contributed by atoms with Crippen LogP contribution in [0.2, 0.25) is 0 Å². The van der Waals surface area contributed by atoms with Crippen molar-refractivity contribution in [3.05, 3.63) is 59.7 Å². The van der Waals surface area contributed by atoms with Crippen LogP contribution in [0.5, 0.6) is 11.5 Å². The van der Waals surface area contributed by atoms with E-state index >= 15 is 0 Å². The van der Waals surface area contributed by atoms with Crippen LogP contribution < -0.4 is 14.8 Å². The van der Waals surface area contributed by atoms with Gasteiger partial charge in [-0.15, -0.1) is 0 Å². The van der Waals surface area contributed by atoms with Gasteiger partial charge in [0.25, 0.3) is 0 Å². The molecule has 0 aliphatic carbocycles. The van der Waals surface area contributed by atoms with Crippen molar-refractivity contribution < 1.29 is 9.47 Å². The SMILES string of the molecule is COc1cc(CC2CCCCN2)ccc1OCc1ccccc1. The van der Waals surface area contributed by atoms with Crippen LogP contribution in [0, 0.1) is 0 Å². The van der Waals surface area contributed by atoms with Crippen LogP contribution in [0.1, 0.15) is 30.4 Å². The summed E-state index contributed by atoms with van der Waals surface area (Å²) in [7, 11) is 1.70. The standard InChI is InChI=1S/C20H25NO2/c1-22-20-14-17(13-18-9-5-6-12-21-18)10-11-19(20)23-15-16-7-3-2-4-8-16/h2-4,7-8,10-11,14,18,21H,5-6,9,12-13,15H2,1H3. The predicted octanol–water partition coefficient (Wildman–Crippen LogP) is 3.96. The van der Waals surface area contributed by atoms with Crippen molar-refractivity contribution >= 4 is 0 Å². The topological polar surface area (TPSA) is 30.5 Å². The fraction of sp³-hybridized carbons (Fsp3) is 0.400. The molecule has 0 radical (unpaired) electrons. The van der Waals surface area contributed by atoms with Crippen molar-refractivity contribution in [3.8, 4) is 11.5 Å². The number of hydrogen-bond donors (Lipinski definition) is 1. The van der Waals surface area contributed by atoms with Gasteiger partial charge in [0.2, 0.25) is 0 Å². The molecule has 3 nitrogen and oxygen atoms in total. The van der Waals surface area contributed by atoms with Crippen molar-refractivity contribution in [1.82, 2.24) is 5.32 Å². The van der Waals surface area contributed by atoms with E-state index in [0.29, 0.717) is 12.6 Å². The minimum absolute atomic E-state index is 0.556. The van der Waals surface area contributed by atoms with E-state index in [9.17, 15) is 0 Å². The Morgan fingerprint density at radius 2 is 1.87 bits per heavy atom. The van der Waals surface area contributed by atoms with Crippen molar-refractivity contribution in [2.24, 2.45) is 0 Å². The van der Waals surface area contributed by atoms with E-state index in [1.54, 1.807) is 7.11 Å². The van der Waals surface area contributed by atoms with Gasteiger partial charge in [0, 0.05) is 6.04 Å². The molecule has 0 aromatic heterocycles. The van der Waals surface area contributed by atoms with Crippen LogP contribution in [-0.4, -0.2) is 19.7 Å². The van der Waals surface area contributed by atoms with Crippen molar-refractivity contribution in [1.29, 1.82) is 0 Å². The van der Waals surface area contributed by atoms with Gasteiger partial charge in [0.15, 0.2) is 11.5 Å². The molecule has 3 rings (SSSR count). The summed E-state index contributed by atoms with van der Waals surface area (Å²) in [5.41, 5.74) is 2.46. The fourth-order valence-corrected chi connectivity index (χ4v) is 3.08. The monoisotopic (exact) mass is 311 g/mol. The summed E-state index contributed by atoms with van der Waals surface area (Å²) in [4.78, 5) is 0. The van der Waals surface area contributed by atoms with E-state index in [0.717, 1.165) is 30.0 Å². The molecule has 2 aromatic rings. The van der Waals surface area contributed by atoms with E-state index in [4.69, 9.17) is 9.47 Å². The highest BCUT2D eigenvalue weighted by molar-refractivity contribution is 5.43. The minimum Gasteiger partial charge on any atom is -0.493 e. The molecule has 3 heteroatoms. The van der Waals surface area contributed by atoms with Crippen LogP contribution >= 0.6 is 0 Å². The molecule has 1 fully saturated rings. The number of nitrogens with one attached hydrogen (secondary N) is 1. The zero-order valence-electron chi connectivity index (χ0n) is 13.8. The first-order valence-corrected chi connectivity index (χ1v) is 8.42. The van der Waals surface area contributed by atoms with Crippen LogP contribution in [0.4, 0.5) is 0 Å². The molecule has 0 saturated carbocycles. The highest BCUT2D eigenvalue weighted by Crippen LogP contribution is 2.29. The molecule has 1 aliphatic rings. The Labute approximate surface area is 138 Å². The molecule has 0 amide bonds. The van der Waals surface area contributed by atoms with Crippen LogP contribution in [0.25, 0.3) is 0 Å². The molecule has 1 unspecified atom stereocenters. The van der Waals surface area contributed by atoms with Gasteiger partial charge in [0.1, 0.15) is 6.61 Å². The molecule has 1 atom stereocenters. The normalized spacial score (nSPS) is 17.7. The lowest BCUT2D eigenvalue weighted by atomic mass is 9.97. The van der Waals surface area contributed by atoms with Gasteiger partial charge in [-0.1, -0.05) is 42.8 Å². The molecule has 122 valence electrons. The van der Waals surface area contributed by atoms with E-state index < -0.39 is 0 Å². The maximum Gasteiger partial charge on any atom is 0.161 e. The zero-order valence-corrected chi connectivity index (χ0v) is 13.8. The highest BCUT2D eigenvalue weighted by Gasteiger charge is 2.14. The molecule has 1 heterocycles. The summed E-state index contributed by atoms with van der Waals surface area (Å²) < 4.78 is 11.4. The Balaban J connectivity index is 1.64. The average molecular weight is 311 g/mol. The van der Waals surface area contributed by atoms with Gasteiger partial charge in [0.05, 0.1) is 7.11 Å². The Kier molecular flexibility index (Phi) is 5.54. The number of piperidine rings is 1. The van der Waals surface area contributed by atoms with Crippen molar-refractivity contribution in [3.63, 3.8) is 0 Å². The third kappa shape index (κ3) is 4.49. The quantitative estimate of drug-likeness (QED) is 0.876. The summed E-state index contributed by atoms with van der Waals surface area (Å²) in [6.07, 6.45) is 4.93. The second-order valence-corrected chi connectivity index (χ2v) is 6.11. The largest absolute Gasteiger partial charge is 0.493 e. The lowest BCUT2D eigenvalue weighted by molar-refractivity contribution is 0.284. The molecule has 23 heavy (non-hydrogen) atoms. The first kappa shape index (κ1) is 15.9. The van der Waals surface area contributed by atoms with Crippen LogP contribution in [-0.2, 0) is 13.0 Å². The van der Waals surface area contributed by atoms with E-state index in [-0.39, 0.29) is 0 Å². The first-order valence-electron chi connectivity index (χ1n) is 8.42. The van der Waals surface area contributed by atoms with Crippen LogP contribution in [0.3, 0.4) is 0 Å². The zero-order chi connectivity index (χ0) is 15.9.